The van der Waals surface area contributed by atoms with E-state index in [-0.39, 0.29) is 0 Å². The maximum absolute atomic E-state index is 6.72. The second kappa shape index (κ2) is 22.0. The van der Waals surface area contributed by atoms with Gasteiger partial charge in [0.25, 0.3) is 0 Å². The number of benzene rings is 19. The van der Waals surface area contributed by atoms with Gasteiger partial charge in [0, 0.05) is 85.8 Å². The van der Waals surface area contributed by atoms with E-state index in [4.69, 9.17) is 28.8 Å². The molecule has 26 rings (SSSR count). The topological polar surface area (TPSA) is 87.7 Å². The molecule has 0 saturated heterocycles. The van der Waals surface area contributed by atoms with Crippen LogP contribution in [0.15, 0.2) is 336 Å². The molecule has 0 N–H and O–H groups in total. The van der Waals surface area contributed by atoms with Crippen LogP contribution in [0.2, 0.25) is 0 Å². The van der Waals surface area contributed by atoms with Gasteiger partial charge in [-0.1, -0.05) is 231 Å². The molecule has 0 fully saturated rings. The van der Waals surface area contributed by atoms with Gasteiger partial charge in [0.2, 0.25) is 11.9 Å². The molecule has 26 aromatic rings. The molecule has 8 nitrogen and oxygen atoms in total. The summed E-state index contributed by atoms with van der Waals surface area (Å²) in [7, 11) is 0. The lowest BCUT2D eigenvalue weighted by molar-refractivity contribution is 0.668. The number of thiophene rings is 1. The van der Waals surface area contributed by atoms with Crippen LogP contribution in [-0.4, -0.2) is 29.1 Å². The highest BCUT2D eigenvalue weighted by Gasteiger charge is 2.28. The minimum atomic E-state index is 0.590. The van der Waals surface area contributed by atoms with Crippen LogP contribution >= 0.6 is 11.3 Å². The van der Waals surface area contributed by atoms with Crippen LogP contribution in [0.4, 0.5) is 0 Å². The molecule has 7 aromatic heterocycles. The molecule has 0 unspecified atom stereocenters. The number of hydrogen-bond donors (Lipinski definition) is 0. The second-order valence-corrected chi connectivity index (χ2v) is 30.8. The fourth-order valence-corrected chi connectivity index (χ4v) is 20.2. The molecule has 0 atom stereocenters. The normalized spacial score (nSPS) is 12.5. The molecule has 0 spiro atoms. The lowest BCUT2D eigenvalue weighted by Gasteiger charge is -2.15. The lowest BCUT2D eigenvalue weighted by Crippen LogP contribution is -2.04. The van der Waals surface area contributed by atoms with Crippen LogP contribution in [0.3, 0.4) is 0 Å². The highest BCUT2D eigenvalue weighted by atomic mass is 32.1. The van der Waals surface area contributed by atoms with Gasteiger partial charge in [-0.3, -0.25) is 9.13 Å². The largest absolute Gasteiger partial charge is 0.456 e. The van der Waals surface area contributed by atoms with Crippen LogP contribution in [0, 0.1) is 0 Å². The zero-order chi connectivity index (χ0) is 72.0. The monoisotopic (exact) mass is 1430 g/mol. The van der Waals surface area contributed by atoms with Crippen molar-refractivity contribution in [3.05, 3.63) is 328 Å². The molecule has 19 aromatic carbocycles. The van der Waals surface area contributed by atoms with E-state index < -0.39 is 0 Å². The second-order valence-electron chi connectivity index (χ2n) is 29.8. The van der Waals surface area contributed by atoms with E-state index in [1.165, 1.54) is 64.6 Å². The average Bonchev–Trinajstić information content (AvgIpc) is 1.56. The summed E-state index contributed by atoms with van der Waals surface area (Å²) >= 11 is 1.72. The Hall–Kier alpha value is -14.6. The molecule has 0 aliphatic carbocycles. The maximum atomic E-state index is 6.72. The van der Waals surface area contributed by atoms with Gasteiger partial charge in [-0.25, -0.2) is 19.9 Å². The summed E-state index contributed by atoms with van der Waals surface area (Å²) in [5.74, 6) is 1.20. The van der Waals surface area contributed by atoms with Crippen molar-refractivity contribution in [2.24, 2.45) is 0 Å². The third-order valence-electron chi connectivity index (χ3n) is 24.0. The number of rotatable bonds is 5. The van der Waals surface area contributed by atoms with Crippen molar-refractivity contribution < 1.29 is 8.83 Å². The fourth-order valence-electron chi connectivity index (χ4n) is 19.1. The maximum Gasteiger partial charge on any atom is 0.236 e. The molecule has 0 aliphatic rings. The zero-order valence-electron chi connectivity index (χ0n) is 59.1. The summed E-state index contributed by atoms with van der Waals surface area (Å²) in [5.41, 5.74) is 14.1. The average molecular weight is 1430 g/mol. The van der Waals surface area contributed by atoms with Crippen molar-refractivity contribution in [1.82, 2.24) is 29.1 Å². The first-order valence-corrected chi connectivity index (χ1v) is 38.5. The van der Waals surface area contributed by atoms with Gasteiger partial charge in [0.05, 0.1) is 39.0 Å². The minimum absolute atomic E-state index is 0.590. The van der Waals surface area contributed by atoms with Gasteiger partial charge in [0.1, 0.15) is 27.2 Å². The Kier molecular flexibility index (Phi) is 11.8. The van der Waals surface area contributed by atoms with Crippen molar-refractivity contribution in [3.63, 3.8) is 0 Å². The SMILES string of the molecule is c1ccc2cc3c(cc2c1)c1c2c(ccc1n3-c1nc(-c3ccc4c(c3)oc3ccccc34)c3c(ccc4ccccc43)n1)c1ccccc1c1cc(-c3ccc4sc5nc(-n6c7cc8ccccc8cc7c7c8c9ccccc9c9ccccc9c8ccc76)nc(-c6ccc7c(c6)oc6ccccc67)c5c4c3)ccc12. The van der Waals surface area contributed by atoms with Crippen LogP contribution in [0.25, 0.3) is 261 Å². The highest BCUT2D eigenvalue weighted by molar-refractivity contribution is 7.25. The van der Waals surface area contributed by atoms with E-state index in [1.807, 2.05) is 18.2 Å². The molecule has 9 heteroatoms. The van der Waals surface area contributed by atoms with Crippen LogP contribution < -0.4 is 0 Å². The van der Waals surface area contributed by atoms with Gasteiger partial charge in [-0.15, -0.1) is 11.3 Å². The predicted octanol–water partition coefficient (Wildman–Crippen LogP) is 28.2. The molecule has 0 radical (unpaired) electrons. The Labute approximate surface area is 633 Å². The van der Waals surface area contributed by atoms with Gasteiger partial charge in [0.15, 0.2) is 0 Å². The number of aromatic nitrogens is 6. The van der Waals surface area contributed by atoms with Crippen molar-refractivity contribution in [2.75, 3.05) is 0 Å². The van der Waals surface area contributed by atoms with Crippen molar-refractivity contribution in [1.29, 1.82) is 0 Å². The predicted molar refractivity (Wildman–Crippen MR) is 465 cm³/mol. The molecule has 7 heterocycles. The highest BCUT2D eigenvalue weighted by Crippen LogP contribution is 2.50. The van der Waals surface area contributed by atoms with Crippen LogP contribution in [0.5, 0.6) is 0 Å². The van der Waals surface area contributed by atoms with Crippen molar-refractivity contribution >= 4 is 227 Å². The molecule has 510 valence electrons. The minimum Gasteiger partial charge on any atom is -0.456 e. The molecular weight excluding hydrogens is 1370 g/mol. The summed E-state index contributed by atoms with van der Waals surface area (Å²) in [6, 6.07) is 119. The number of fused-ring (bicyclic) bond motifs is 34. The molecule has 0 bridgehead atoms. The number of furan rings is 2. The van der Waals surface area contributed by atoms with Gasteiger partial charge in [-0.2, -0.15) is 0 Å². The first-order chi connectivity index (χ1) is 55.0. The number of para-hydroxylation sites is 2. The van der Waals surface area contributed by atoms with Crippen LogP contribution in [0.1, 0.15) is 0 Å². The Morgan fingerprint density at radius 2 is 0.613 bits per heavy atom. The van der Waals surface area contributed by atoms with E-state index in [9.17, 15) is 0 Å². The van der Waals surface area contributed by atoms with Gasteiger partial charge in [-0.05, 0) is 194 Å². The lowest BCUT2D eigenvalue weighted by atomic mass is 9.89. The summed E-state index contributed by atoms with van der Waals surface area (Å²) in [6.45, 7) is 0. The molecular formula is C102H54N6O2S. The third-order valence-corrected chi connectivity index (χ3v) is 25.1. The van der Waals surface area contributed by atoms with Crippen molar-refractivity contribution in [2.45, 2.75) is 0 Å². The number of nitrogens with zero attached hydrogens (tertiary/aromatic N) is 6. The number of hydrogen-bond acceptors (Lipinski definition) is 7. The first kappa shape index (κ1) is 59.5. The Balaban J connectivity index is 0.702. The molecule has 111 heavy (non-hydrogen) atoms. The first-order valence-electron chi connectivity index (χ1n) is 37.7. The van der Waals surface area contributed by atoms with E-state index in [0.29, 0.717) is 11.9 Å². The van der Waals surface area contributed by atoms with E-state index in [1.54, 1.807) is 11.3 Å². The molecule has 0 aliphatic heterocycles. The van der Waals surface area contributed by atoms with E-state index in [2.05, 4.69) is 319 Å². The molecule has 0 amide bonds. The van der Waals surface area contributed by atoms with E-state index >= 15 is 0 Å². The van der Waals surface area contributed by atoms with Gasteiger partial charge >= 0.3 is 0 Å². The smallest absolute Gasteiger partial charge is 0.236 e. The standard InChI is InChI=1S/C102H54N6O2S/c1-3-20-58-51-85-79(48-56(58)18-1)96-83(107(85)101-103-82-43-36-55-17-5-6-22-64(55)94(82)98(104-101)62-34-38-72-70-28-13-15-31-87(70)109-89(72)53-62)44-42-76-68-26-9-10-27-69(68)78-47-60(33-40-77(78)93(76)96)61-37-46-91-81(50-61)97-99(63-35-39-73-71-29-14-16-32-88(71)110-90(73)54-63)105-102(106-100(97)111-91)108-84-45-41-75-67-25-8-7-23-65(67)66-24-11-12-30-74(66)92(75)95(84)80-49-57-19-2-4-21-59(57)52-86(80)108/h1-54H. The summed E-state index contributed by atoms with van der Waals surface area (Å²) in [6.07, 6.45) is 0. The Morgan fingerprint density at radius 1 is 0.216 bits per heavy atom. The summed E-state index contributed by atoms with van der Waals surface area (Å²) < 4.78 is 19.1. The summed E-state index contributed by atoms with van der Waals surface area (Å²) in [5, 5.41) is 33.2. The third kappa shape index (κ3) is 8.30. The Bertz CT molecular complexity index is 8720. The quantitative estimate of drug-likeness (QED) is 0.160. The summed E-state index contributed by atoms with van der Waals surface area (Å²) in [4.78, 5) is 24.0. The Morgan fingerprint density at radius 3 is 1.18 bits per heavy atom. The zero-order valence-corrected chi connectivity index (χ0v) is 59.9. The molecule has 0 saturated carbocycles. The van der Waals surface area contributed by atoms with Crippen LogP contribution in [-0.2, 0) is 0 Å². The fraction of sp³-hybridized carbons (Fsp3) is 0. The van der Waals surface area contributed by atoms with Gasteiger partial charge < -0.3 is 8.83 Å². The van der Waals surface area contributed by atoms with E-state index in [0.717, 1.165) is 185 Å². The van der Waals surface area contributed by atoms with Crippen molar-refractivity contribution in [3.8, 4) is 45.5 Å².